The summed E-state index contributed by atoms with van der Waals surface area (Å²) < 4.78 is 5.14. The summed E-state index contributed by atoms with van der Waals surface area (Å²) in [7, 11) is 3.99. The molecule has 0 amide bonds. The van der Waals surface area contributed by atoms with Gasteiger partial charge in [0.15, 0.2) is 0 Å². The summed E-state index contributed by atoms with van der Waals surface area (Å²) in [6.07, 6.45) is 6.96. The first-order chi connectivity index (χ1) is 8.27. The summed E-state index contributed by atoms with van der Waals surface area (Å²) >= 11 is 0. The van der Waals surface area contributed by atoms with Gasteiger partial charge in [-0.1, -0.05) is 26.2 Å². The Kier molecular flexibility index (Phi) is 7.82. The van der Waals surface area contributed by atoms with Crippen LogP contribution in [0.5, 0.6) is 0 Å². The fraction of sp³-hybridized carbons (Fsp3) is 1.00. The van der Waals surface area contributed by atoms with Gasteiger partial charge in [0.25, 0.3) is 0 Å². The van der Waals surface area contributed by atoms with Crippen molar-refractivity contribution in [1.29, 1.82) is 0 Å². The molecule has 1 aliphatic rings. The van der Waals surface area contributed by atoms with Crippen molar-refractivity contribution >= 4 is 0 Å². The van der Waals surface area contributed by atoms with Gasteiger partial charge in [0.05, 0.1) is 6.61 Å². The highest BCUT2D eigenvalue weighted by molar-refractivity contribution is 4.81. The molecule has 1 N–H and O–H groups in total. The molecule has 102 valence electrons. The lowest BCUT2D eigenvalue weighted by atomic mass is 9.94. The molecule has 1 rings (SSSR count). The SMILES string of the molecule is CCNC1CCCCCC1CN(C)CCOC. The lowest BCUT2D eigenvalue weighted by molar-refractivity contribution is 0.144. The van der Waals surface area contributed by atoms with Gasteiger partial charge < -0.3 is 15.0 Å². The van der Waals surface area contributed by atoms with E-state index >= 15 is 0 Å². The molecule has 0 aromatic rings. The van der Waals surface area contributed by atoms with Gasteiger partial charge in [-0.05, 0) is 32.4 Å². The minimum absolute atomic E-state index is 0.729. The molecule has 2 atom stereocenters. The van der Waals surface area contributed by atoms with Gasteiger partial charge in [-0.2, -0.15) is 0 Å². The van der Waals surface area contributed by atoms with Crippen LogP contribution in [0.4, 0.5) is 0 Å². The molecule has 17 heavy (non-hydrogen) atoms. The number of nitrogens with one attached hydrogen (secondary N) is 1. The Hall–Kier alpha value is -0.120. The molecular weight excluding hydrogens is 212 g/mol. The van der Waals surface area contributed by atoms with E-state index in [2.05, 4.69) is 24.2 Å². The van der Waals surface area contributed by atoms with E-state index in [9.17, 15) is 0 Å². The van der Waals surface area contributed by atoms with Gasteiger partial charge in [-0.3, -0.25) is 0 Å². The average Bonchev–Trinajstić information content (AvgIpc) is 2.53. The lowest BCUT2D eigenvalue weighted by Crippen LogP contribution is -2.41. The van der Waals surface area contributed by atoms with Gasteiger partial charge in [-0.15, -0.1) is 0 Å². The highest BCUT2D eigenvalue weighted by Crippen LogP contribution is 2.24. The maximum atomic E-state index is 5.14. The summed E-state index contributed by atoms with van der Waals surface area (Å²) in [5.74, 6) is 0.819. The van der Waals surface area contributed by atoms with E-state index in [1.54, 1.807) is 7.11 Å². The summed E-state index contributed by atoms with van der Waals surface area (Å²) in [4.78, 5) is 2.42. The number of rotatable bonds is 7. The Bertz CT molecular complexity index is 187. The van der Waals surface area contributed by atoms with Gasteiger partial charge in [0.2, 0.25) is 0 Å². The van der Waals surface area contributed by atoms with E-state index in [1.165, 1.54) is 38.6 Å². The second-order valence-electron chi connectivity index (χ2n) is 5.32. The topological polar surface area (TPSA) is 24.5 Å². The lowest BCUT2D eigenvalue weighted by Gasteiger charge is -2.30. The first-order valence-corrected chi connectivity index (χ1v) is 7.18. The number of hydrogen-bond donors (Lipinski definition) is 1. The molecule has 0 radical (unpaired) electrons. The number of hydrogen-bond acceptors (Lipinski definition) is 3. The van der Waals surface area contributed by atoms with E-state index in [0.29, 0.717) is 0 Å². The highest BCUT2D eigenvalue weighted by Gasteiger charge is 2.23. The zero-order valence-electron chi connectivity index (χ0n) is 11.9. The van der Waals surface area contributed by atoms with Crippen molar-refractivity contribution < 1.29 is 4.74 Å². The van der Waals surface area contributed by atoms with Crippen molar-refractivity contribution in [2.24, 2.45) is 5.92 Å². The predicted molar refractivity (Wildman–Crippen MR) is 73.4 cm³/mol. The minimum Gasteiger partial charge on any atom is -0.383 e. The van der Waals surface area contributed by atoms with Crippen LogP contribution in [0, 0.1) is 5.92 Å². The largest absolute Gasteiger partial charge is 0.383 e. The molecule has 3 nitrogen and oxygen atoms in total. The van der Waals surface area contributed by atoms with Crippen molar-refractivity contribution in [1.82, 2.24) is 10.2 Å². The van der Waals surface area contributed by atoms with Crippen LogP contribution in [0.15, 0.2) is 0 Å². The monoisotopic (exact) mass is 242 g/mol. The van der Waals surface area contributed by atoms with Crippen LogP contribution in [0.1, 0.15) is 39.0 Å². The summed E-state index contributed by atoms with van der Waals surface area (Å²) in [6.45, 7) is 6.42. The molecule has 0 saturated heterocycles. The molecule has 1 fully saturated rings. The van der Waals surface area contributed by atoms with E-state index in [1.807, 2.05) is 0 Å². The Morgan fingerprint density at radius 2 is 2.00 bits per heavy atom. The molecule has 1 aliphatic carbocycles. The summed E-state index contributed by atoms with van der Waals surface area (Å²) in [6, 6.07) is 0.729. The van der Waals surface area contributed by atoms with Gasteiger partial charge in [0, 0.05) is 26.2 Å². The number of likely N-dealkylation sites (N-methyl/N-ethyl adjacent to an activating group) is 1. The van der Waals surface area contributed by atoms with Crippen LogP contribution < -0.4 is 5.32 Å². The molecule has 1 saturated carbocycles. The third-order valence-corrected chi connectivity index (χ3v) is 3.85. The molecule has 0 aromatic heterocycles. The summed E-state index contributed by atoms with van der Waals surface area (Å²) in [5, 5.41) is 3.68. The molecule has 0 aromatic carbocycles. The normalized spacial score (nSPS) is 26.1. The molecule has 0 bridgehead atoms. The Labute approximate surface area is 107 Å². The van der Waals surface area contributed by atoms with Gasteiger partial charge in [-0.25, -0.2) is 0 Å². The van der Waals surface area contributed by atoms with E-state index in [4.69, 9.17) is 4.74 Å². The smallest absolute Gasteiger partial charge is 0.0589 e. The molecule has 3 heteroatoms. The number of ether oxygens (including phenoxy) is 1. The third kappa shape index (κ3) is 5.84. The average molecular weight is 242 g/mol. The second kappa shape index (κ2) is 8.90. The van der Waals surface area contributed by atoms with Crippen LogP contribution >= 0.6 is 0 Å². The van der Waals surface area contributed by atoms with Gasteiger partial charge >= 0.3 is 0 Å². The third-order valence-electron chi connectivity index (χ3n) is 3.85. The molecule has 0 aliphatic heterocycles. The number of methoxy groups -OCH3 is 1. The van der Waals surface area contributed by atoms with E-state index in [0.717, 1.165) is 31.7 Å². The van der Waals surface area contributed by atoms with Crippen LogP contribution in [0.3, 0.4) is 0 Å². The molecule has 0 heterocycles. The van der Waals surface area contributed by atoms with Crippen molar-refractivity contribution in [2.75, 3.05) is 40.4 Å². The van der Waals surface area contributed by atoms with E-state index < -0.39 is 0 Å². The fourth-order valence-corrected chi connectivity index (χ4v) is 2.87. The second-order valence-corrected chi connectivity index (χ2v) is 5.32. The Balaban J connectivity index is 2.39. The predicted octanol–water partition coefficient (Wildman–Crippen LogP) is 2.12. The van der Waals surface area contributed by atoms with E-state index in [-0.39, 0.29) is 0 Å². The van der Waals surface area contributed by atoms with Crippen LogP contribution in [0.2, 0.25) is 0 Å². The molecule has 2 unspecified atom stereocenters. The highest BCUT2D eigenvalue weighted by atomic mass is 16.5. The number of nitrogens with zero attached hydrogens (tertiary/aromatic N) is 1. The fourth-order valence-electron chi connectivity index (χ4n) is 2.87. The van der Waals surface area contributed by atoms with Crippen LogP contribution in [0.25, 0.3) is 0 Å². The Morgan fingerprint density at radius 3 is 2.71 bits per heavy atom. The maximum absolute atomic E-state index is 5.14. The zero-order valence-corrected chi connectivity index (χ0v) is 11.9. The van der Waals surface area contributed by atoms with Crippen molar-refractivity contribution in [2.45, 2.75) is 45.1 Å². The van der Waals surface area contributed by atoms with Crippen molar-refractivity contribution in [3.8, 4) is 0 Å². The first-order valence-electron chi connectivity index (χ1n) is 7.18. The first kappa shape index (κ1) is 14.9. The van der Waals surface area contributed by atoms with Crippen LogP contribution in [-0.2, 0) is 4.74 Å². The van der Waals surface area contributed by atoms with Crippen molar-refractivity contribution in [3.05, 3.63) is 0 Å². The minimum atomic E-state index is 0.729. The standard InChI is InChI=1S/C14H30N2O/c1-4-15-14-9-7-5-6-8-13(14)12-16(2)10-11-17-3/h13-15H,4-12H2,1-3H3. The molecule has 0 spiro atoms. The maximum Gasteiger partial charge on any atom is 0.0589 e. The quantitative estimate of drug-likeness (QED) is 0.692. The van der Waals surface area contributed by atoms with Crippen molar-refractivity contribution in [3.63, 3.8) is 0 Å². The molecular formula is C14H30N2O. The summed E-state index contributed by atoms with van der Waals surface area (Å²) in [5.41, 5.74) is 0. The van der Waals surface area contributed by atoms with Crippen LogP contribution in [-0.4, -0.2) is 51.3 Å². The Morgan fingerprint density at radius 1 is 1.24 bits per heavy atom. The van der Waals surface area contributed by atoms with Gasteiger partial charge in [0.1, 0.15) is 0 Å². The zero-order chi connectivity index (χ0) is 12.5.